The molecule has 1 N–H and O–H groups in total. The minimum atomic E-state index is 0.842. The molecule has 0 heterocycles. The zero-order chi connectivity index (χ0) is 11.7. The first-order chi connectivity index (χ1) is 8.33. The Hall–Kier alpha value is -0.820. The van der Waals surface area contributed by atoms with Crippen LogP contribution in [0.5, 0.6) is 0 Å². The molecule has 0 bridgehead atoms. The maximum atomic E-state index is 3.64. The highest BCUT2D eigenvalue weighted by atomic mass is 14.9. The van der Waals surface area contributed by atoms with E-state index in [0.717, 1.165) is 23.8 Å². The van der Waals surface area contributed by atoms with Crippen LogP contribution in [0.3, 0.4) is 0 Å². The van der Waals surface area contributed by atoms with Gasteiger partial charge in [0, 0.05) is 6.04 Å². The Labute approximate surface area is 105 Å². The van der Waals surface area contributed by atoms with Crippen LogP contribution in [0.15, 0.2) is 30.3 Å². The summed E-state index contributed by atoms with van der Waals surface area (Å²) < 4.78 is 0. The van der Waals surface area contributed by atoms with E-state index in [9.17, 15) is 0 Å². The summed E-state index contributed by atoms with van der Waals surface area (Å²) in [7, 11) is 0. The summed E-state index contributed by atoms with van der Waals surface area (Å²) in [5, 5.41) is 3.64. The molecule has 2 aliphatic rings. The number of hydrogen-bond acceptors (Lipinski definition) is 1. The Morgan fingerprint density at radius 1 is 1.24 bits per heavy atom. The van der Waals surface area contributed by atoms with Gasteiger partial charge in [0.15, 0.2) is 0 Å². The maximum Gasteiger partial charge on any atom is 0.00683 e. The average Bonchev–Trinajstić information content (AvgIpc) is 3.23. The molecule has 3 rings (SSSR count). The molecule has 2 saturated carbocycles. The monoisotopic (exact) mass is 229 g/mol. The second-order valence-electron chi connectivity index (χ2n) is 6.04. The average molecular weight is 229 g/mol. The molecule has 1 heteroatoms. The van der Waals surface area contributed by atoms with Crippen molar-refractivity contribution in [2.45, 2.75) is 44.6 Å². The second kappa shape index (κ2) is 4.81. The second-order valence-corrected chi connectivity index (χ2v) is 6.04. The molecule has 0 radical (unpaired) electrons. The first-order valence-electron chi connectivity index (χ1n) is 7.11. The Balaban J connectivity index is 1.42. The first-order valence-corrected chi connectivity index (χ1v) is 7.11. The molecule has 1 aromatic rings. The van der Waals surface area contributed by atoms with Crippen molar-refractivity contribution >= 4 is 0 Å². The number of nitrogens with one attached hydrogen (secondary N) is 1. The highest BCUT2D eigenvalue weighted by Gasteiger charge is 2.38. The number of benzene rings is 1. The van der Waals surface area contributed by atoms with E-state index < -0.39 is 0 Å². The van der Waals surface area contributed by atoms with E-state index in [2.05, 4.69) is 42.6 Å². The van der Waals surface area contributed by atoms with Gasteiger partial charge >= 0.3 is 0 Å². The van der Waals surface area contributed by atoms with E-state index in [1.54, 1.807) is 5.56 Å². The molecule has 2 aliphatic carbocycles. The molecular formula is C16H23N. The van der Waals surface area contributed by atoms with Gasteiger partial charge in [0.05, 0.1) is 0 Å². The molecule has 3 atom stereocenters. The van der Waals surface area contributed by atoms with Crippen LogP contribution in [0.25, 0.3) is 0 Å². The molecule has 0 aromatic heterocycles. The van der Waals surface area contributed by atoms with Crippen LogP contribution in [-0.2, 0) is 0 Å². The molecule has 92 valence electrons. The largest absolute Gasteiger partial charge is 0.314 e. The zero-order valence-electron chi connectivity index (χ0n) is 10.7. The van der Waals surface area contributed by atoms with Crippen LogP contribution in [0.2, 0.25) is 0 Å². The molecule has 0 aliphatic heterocycles. The van der Waals surface area contributed by atoms with E-state index in [1.165, 1.54) is 32.2 Å². The SMILES string of the molecule is CC(CNC1CC1)CC1CC1c1ccccc1. The van der Waals surface area contributed by atoms with Gasteiger partial charge in [0.1, 0.15) is 0 Å². The molecule has 0 saturated heterocycles. The van der Waals surface area contributed by atoms with E-state index in [0.29, 0.717) is 0 Å². The number of hydrogen-bond donors (Lipinski definition) is 1. The lowest BCUT2D eigenvalue weighted by molar-refractivity contribution is 0.450. The van der Waals surface area contributed by atoms with Gasteiger partial charge < -0.3 is 5.32 Å². The van der Waals surface area contributed by atoms with Crippen LogP contribution < -0.4 is 5.32 Å². The molecule has 2 fully saturated rings. The predicted molar refractivity (Wildman–Crippen MR) is 72.1 cm³/mol. The van der Waals surface area contributed by atoms with Gasteiger partial charge in [0.2, 0.25) is 0 Å². The molecule has 1 nitrogen and oxygen atoms in total. The van der Waals surface area contributed by atoms with E-state index in [4.69, 9.17) is 0 Å². The molecule has 3 unspecified atom stereocenters. The van der Waals surface area contributed by atoms with E-state index in [1.807, 2.05) is 0 Å². The first kappa shape index (κ1) is 11.3. The predicted octanol–water partition coefficient (Wildman–Crippen LogP) is 3.57. The standard InChI is InChI=1S/C16H23N/c1-12(11-17-15-7-8-15)9-14-10-16(14)13-5-3-2-4-6-13/h2-6,12,14-17H,7-11H2,1H3. The van der Waals surface area contributed by atoms with Crippen LogP contribution in [0.4, 0.5) is 0 Å². The van der Waals surface area contributed by atoms with Crippen LogP contribution in [0.1, 0.15) is 44.1 Å². The van der Waals surface area contributed by atoms with Crippen LogP contribution in [-0.4, -0.2) is 12.6 Å². The van der Waals surface area contributed by atoms with Crippen molar-refractivity contribution in [3.05, 3.63) is 35.9 Å². The van der Waals surface area contributed by atoms with Gasteiger partial charge in [-0.05, 0) is 55.5 Å². The van der Waals surface area contributed by atoms with E-state index >= 15 is 0 Å². The summed E-state index contributed by atoms with van der Waals surface area (Å²) >= 11 is 0. The molecule has 17 heavy (non-hydrogen) atoms. The van der Waals surface area contributed by atoms with Gasteiger partial charge in [-0.25, -0.2) is 0 Å². The quantitative estimate of drug-likeness (QED) is 0.786. The fraction of sp³-hybridized carbons (Fsp3) is 0.625. The smallest absolute Gasteiger partial charge is 0.00683 e. The highest BCUT2D eigenvalue weighted by molar-refractivity contribution is 5.25. The van der Waals surface area contributed by atoms with Crippen molar-refractivity contribution in [2.24, 2.45) is 11.8 Å². The van der Waals surface area contributed by atoms with Gasteiger partial charge in [-0.2, -0.15) is 0 Å². The minimum Gasteiger partial charge on any atom is -0.314 e. The molecule has 0 spiro atoms. The van der Waals surface area contributed by atoms with Crippen molar-refractivity contribution in [1.29, 1.82) is 0 Å². The fourth-order valence-electron chi connectivity index (χ4n) is 2.87. The van der Waals surface area contributed by atoms with Crippen LogP contribution >= 0.6 is 0 Å². The zero-order valence-corrected chi connectivity index (χ0v) is 10.7. The molecule has 0 amide bonds. The Bertz CT molecular complexity index is 355. The fourth-order valence-corrected chi connectivity index (χ4v) is 2.87. The summed E-state index contributed by atoms with van der Waals surface area (Å²) in [6, 6.07) is 11.9. The lowest BCUT2D eigenvalue weighted by Gasteiger charge is -2.11. The topological polar surface area (TPSA) is 12.0 Å². The number of rotatable bonds is 6. The van der Waals surface area contributed by atoms with Gasteiger partial charge in [-0.15, -0.1) is 0 Å². The van der Waals surface area contributed by atoms with Crippen molar-refractivity contribution in [3.8, 4) is 0 Å². The Kier molecular flexibility index (Phi) is 3.19. The van der Waals surface area contributed by atoms with Gasteiger partial charge in [0.25, 0.3) is 0 Å². The summed E-state index contributed by atoms with van der Waals surface area (Å²) in [5.41, 5.74) is 1.56. The Morgan fingerprint density at radius 3 is 2.71 bits per heavy atom. The summed E-state index contributed by atoms with van der Waals surface area (Å²) in [6.45, 7) is 3.62. The lowest BCUT2D eigenvalue weighted by Crippen LogP contribution is -2.23. The minimum absolute atomic E-state index is 0.842. The van der Waals surface area contributed by atoms with Gasteiger partial charge in [-0.3, -0.25) is 0 Å². The van der Waals surface area contributed by atoms with Crippen LogP contribution in [0, 0.1) is 11.8 Å². The summed E-state index contributed by atoms with van der Waals surface area (Å²) in [4.78, 5) is 0. The summed E-state index contributed by atoms with van der Waals surface area (Å²) in [5.74, 6) is 2.65. The highest BCUT2D eigenvalue weighted by Crippen LogP contribution is 2.50. The van der Waals surface area contributed by atoms with Crippen molar-refractivity contribution < 1.29 is 0 Å². The van der Waals surface area contributed by atoms with Gasteiger partial charge in [-0.1, -0.05) is 37.3 Å². The third-order valence-corrected chi connectivity index (χ3v) is 4.19. The lowest BCUT2D eigenvalue weighted by atomic mass is 10.0. The molecule has 1 aromatic carbocycles. The third kappa shape index (κ3) is 3.10. The van der Waals surface area contributed by atoms with Crippen molar-refractivity contribution in [2.75, 3.05) is 6.54 Å². The van der Waals surface area contributed by atoms with E-state index in [-0.39, 0.29) is 0 Å². The van der Waals surface area contributed by atoms with Crippen molar-refractivity contribution in [3.63, 3.8) is 0 Å². The third-order valence-electron chi connectivity index (χ3n) is 4.19. The van der Waals surface area contributed by atoms with Crippen molar-refractivity contribution in [1.82, 2.24) is 5.32 Å². The maximum absolute atomic E-state index is 3.64. The molecular weight excluding hydrogens is 206 g/mol. The summed E-state index contributed by atoms with van der Waals surface area (Å²) in [6.07, 6.45) is 5.63. The Morgan fingerprint density at radius 2 is 2.00 bits per heavy atom. The normalized spacial score (nSPS) is 29.0.